The summed E-state index contributed by atoms with van der Waals surface area (Å²) < 4.78 is 22.7. The summed E-state index contributed by atoms with van der Waals surface area (Å²) in [6, 6.07) is 1.87. The van der Waals surface area contributed by atoms with Crippen LogP contribution in [0.5, 0.6) is 5.75 Å². The van der Waals surface area contributed by atoms with E-state index >= 15 is 0 Å². The zero-order valence-electron chi connectivity index (χ0n) is 12.8. The molecule has 110 valence electrons. The standard InChI is InChI=1S/C14H22BNO4/c1-13(2)14(3,4)20-15(19-13)11-6-7-16-10-12(11)18-9-8-17-5/h6-7,10H,8-9H2,1-5H3. The van der Waals surface area contributed by atoms with Crippen LogP contribution in [0.4, 0.5) is 0 Å². The van der Waals surface area contributed by atoms with Gasteiger partial charge in [0.25, 0.3) is 0 Å². The van der Waals surface area contributed by atoms with Crippen molar-refractivity contribution in [2.24, 2.45) is 0 Å². The highest BCUT2D eigenvalue weighted by Gasteiger charge is 2.52. The second-order valence-corrected chi connectivity index (χ2v) is 5.84. The van der Waals surface area contributed by atoms with Gasteiger partial charge in [-0.1, -0.05) is 0 Å². The number of aromatic nitrogens is 1. The first-order chi connectivity index (χ1) is 9.37. The molecule has 5 nitrogen and oxygen atoms in total. The zero-order valence-corrected chi connectivity index (χ0v) is 12.8. The van der Waals surface area contributed by atoms with Crippen molar-refractivity contribution in [3.63, 3.8) is 0 Å². The fourth-order valence-corrected chi connectivity index (χ4v) is 1.91. The maximum absolute atomic E-state index is 6.04. The fourth-order valence-electron chi connectivity index (χ4n) is 1.91. The average molecular weight is 279 g/mol. The lowest BCUT2D eigenvalue weighted by molar-refractivity contribution is 0.00578. The SMILES string of the molecule is COCCOc1cnccc1B1OC(C)(C)C(C)(C)O1. The van der Waals surface area contributed by atoms with E-state index in [1.807, 2.05) is 33.8 Å². The van der Waals surface area contributed by atoms with Gasteiger partial charge in [0.2, 0.25) is 0 Å². The Labute approximate surface area is 120 Å². The highest BCUT2D eigenvalue weighted by molar-refractivity contribution is 6.63. The van der Waals surface area contributed by atoms with E-state index in [4.69, 9.17) is 18.8 Å². The van der Waals surface area contributed by atoms with Crippen LogP contribution in [-0.2, 0) is 14.0 Å². The van der Waals surface area contributed by atoms with Gasteiger partial charge in [0.15, 0.2) is 0 Å². The van der Waals surface area contributed by atoms with Crippen LogP contribution in [0.15, 0.2) is 18.5 Å². The molecule has 1 saturated heterocycles. The summed E-state index contributed by atoms with van der Waals surface area (Å²) in [5, 5.41) is 0. The van der Waals surface area contributed by atoms with Crippen molar-refractivity contribution in [2.45, 2.75) is 38.9 Å². The molecule has 6 heteroatoms. The monoisotopic (exact) mass is 279 g/mol. The number of methoxy groups -OCH3 is 1. The highest BCUT2D eigenvalue weighted by Crippen LogP contribution is 2.37. The Morgan fingerprint density at radius 3 is 2.40 bits per heavy atom. The van der Waals surface area contributed by atoms with Gasteiger partial charge in [0.1, 0.15) is 12.4 Å². The number of nitrogens with zero attached hydrogens (tertiary/aromatic N) is 1. The van der Waals surface area contributed by atoms with Crippen molar-refractivity contribution in [3.05, 3.63) is 18.5 Å². The third kappa shape index (κ3) is 2.97. The number of rotatable bonds is 5. The Morgan fingerprint density at radius 2 is 1.80 bits per heavy atom. The van der Waals surface area contributed by atoms with Crippen LogP contribution < -0.4 is 10.2 Å². The molecule has 0 amide bonds. The molecule has 0 bridgehead atoms. The third-order valence-corrected chi connectivity index (χ3v) is 3.87. The van der Waals surface area contributed by atoms with Crippen molar-refractivity contribution in [1.29, 1.82) is 0 Å². The van der Waals surface area contributed by atoms with Crippen LogP contribution in [0.2, 0.25) is 0 Å². The molecule has 0 radical (unpaired) electrons. The smallest absolute Gasteiger partial charge is 0.490 e. The van der Waals surface area contributed by atoms with E-state index in [0.29, 0.717) is 19.0 Å². The van der Waals surface area contributed by atoms with Crippen LogP contribution in [0.3, 0.4) is 0 Å². The molecule has 0 aliphatic carbocycles. The first kappa shape index (κ1) is 15.3. The van der Waals surface area contributed by atoms with E-state index in [1.165, 1.54) is 0 Å². The maximum Gasteiger partial charge on any atom is 0.498 e. The molecule has 0 saturated carbocycles. The van der Waals surface area contributed by atoms with E-state index in [-0.39, 0.29) is 11.2 Å². The highest BCUT2D eigenvalue weighted by atomic mass is 16.7. The van der Waals surface area contributed by atoms with E-state index < -0.39 is 7.12 Å². The largest absolute Gasteiger partial charge is 0.498 e. The van der Waals surface area contributed by atoms with Gasteiger partial charge in [-0.05, 0) is 33.8 Å². The number of ether oxygens (including phenoxy) is 2. The summed E-state index contributed by atoms with van der Waals surface area (Å²) in [6.45, 7) is 9.10. The molecular formula is C14H22BNO4. The van der Waals surface area contributed by atoms with E-state index in [1.54, 1.807) is 19.5 Å². The predicted molar refractivity (Wildman–Crippen MR) is 77.3 cm³/mol. The number of hydrogen-bond acceptors (Lipinski definition) is 5. The topological polar surface area (TPSA) is 49.8 Å². The molecule has 0 N–H and O–H groups in total. The molecule has 20 heavy (non-hydrogen) atoms. The summed E-state index contributed by atoms with van der Waals surface area (Å²) >= 11 is 0. The van der Waals surface area contributed by atoms with Gasteiger partial charge < -0.3 is 18.8 Å². The van der Waals surface area contributed by atoms with Crippen LogP contribution in [0.1, 0.15) is 27.7 Å². The minimum Gasteiger partial charge on any atom is -0.490 e. The average Bonchev–Trinajstić information content (AvgIpc) is 2.59. The van der Waals surface area contributed by atoms with Gasteiger partial charge in [-0.2, -0.15) is 0 Å². The normalized spacial score (nSPS) is 20.1. The Balaban J connectivity index is 2.17. The lowest BCUT2D eigenvalue weighted by atomic mass is 9.79. The quantitative estimate of drug-likeness (QED) is 0.602. The van der Waals surface area contributed by atoms with Crippen LogP contribution in [0, 0.1) is 0 Å². The van der Waals surface area contributed by atoms with Crippen molar-refractivity contribution < 1.29 is 18.8 Å². The van der Waals surface area contributed by atoms with E-state index in [9.17, 15) is 0 Å². The Bertz CT molecular complexity index is 448. The van der Waals surface area contributed by atoms with Crippen LogP contribution in [-0.4, -0.2) is 43.6 Å². The summed E-state index contributed by atoms with van der Waals surface area (Å²) in [5.74, 6) is 0.669. The van der Waals surface area contributed by atoms with E-state index in [2.05, 4.69) is 4.98 Å². The molecule has 0 spiro atoms. The zero-order chi connectivity index (χ0) is 14.8. The Kier molecular flexibility index (Phi) is 4.37. The molecule has 0 aromatic carbocycles. The van der Waals surface area contributed by atoms with Gasteiger partial charge in [0, 0.05) is 18.8 Å². The fraction of sp³-hybridized carbons (Fsp3) is 0.643. The Hall–Kier alpha value is -1.11. The molecule has 1 fully saturated rings. The van der Waals surface area contributed by atoms with Gasteiger partial charge in [-0.25, -0.2) is 0 Å². The lowest BCUT2D eigenvalue weighted by Crippen LogP contribution is -2.41. The summed E-state index contributed by atoms with van der Waals surface area (Å²) in [6.07, 6.45) is 3.39. The molecule has 1 aromatic heterocycles. The molecule has 0 unspecified atom stereocenters. The van der Waals surface area contributed by atoms with Gasteiger partial charge in [-0.3, -0.25) is 4.98 Å². The van der Waals surface area contributed by atoms with Crippen molar-refractivity contribution >= 4 is 12.6 Å². The molecule has 1 aliphatic rings. The molecule has 1 aliphatic heterocycles. The van der Waals surface area contributed by atoms with Gasteiger partial charge in [-0.15, -0.1) is 0 Å². The Morgan fingerprint density at radius 1 is 1.15 bits per heavy atom. The summed E-state index contributed by atoms with van der Waals surface area (Å²) in [4.78, 5) is 4.09. The lowest BCUT2D eigenvalue weighted by Gasteiger charge is -2.32. The van der Waals surface area contributed by atoms with Crippen molar-refractivity contribution in [2.75, 3.05) is 20.3 Å². The molecule has 0 atom stereocenters. The number of hydrogen-bond donors (Lipinski definition) is 0. The first-order valence-electron chi connectivity index (χ1n) is 6.79. The minimum absolute atomic E-state index is 0.370. The van der Waals surface area contributed by atoms with Crippen LogP contribution in [0.25, 0.3) is 0 Å². The first-order valence-corrected chi connectivity index (χ1v) is 6.79. The molecule has 1 aromatic rings. The predicted octanol–water partition coefficient (Wildman–Crippen LogP) is 1.41. The molecule has 2 rings (SSSR count). The second kappa shape index (κ2) is 5.72. The number of pyridine rings is 1. The van der Waals surface area contributed by atoms with Crippen molar-refractivity contribution in [3.8, 4) is 5.75 Å². The third-order valence-electron chi connectivity index (χ3n) is 3.87. The van der Waals surface area contributed by atoms with Crippen molar-refractivity contribution in [1.82, 2.24) is 4.98 Å². The second-order valence-electron chi connectivity index (χ2n) is 5.84. The maximum atomic E-state index is 6.04. The minimum atomic E-state index is -0.444. The summed E-state index contributed by atoms with van der Waals surface area (Å²) in [7, 11) is 1.20. The summed E-state index contributed by atoms with van der Waals surface area (Å²) in [5.41, 5.74) is 0.116. The van der Waals surface area contributed by atoms with Gasteiger partial charge in [0.05, 0.1) is 24.0 Å². The molecule has 2 heterocycles. The molecular weight excluding hydrogens is 257 g/mol. The van der Waals surface area contributed by atoms with E-state index in [0.717, 1.165) is 5.46 Å². The van der Waals surface area contributed by atoms with Crippen LogP contribution >= 0.6 is 0 Å². The van der Waals surface area contributed by atoms with Gasteiger partial charge >= 0.3 is 7.12 Å².